The zero-order valence-electron chi connectivity index (χ0n) is 16.5. The van der Waals surface area contributed by atoms with E-state index >= 15 is 0 Å². The molecule has 0 aliphatic carbocycles. The highest BCUT2D eigenvalue weighted by Crippen LogP contribution is 2.29. The first-order valence-corrected chi connectivity index (χ1v) is 10.4. The van der Waals surface area contributed by atoms with Crippen molar-refractivity contribution < 1.29 is 9.47 Å². The number of benzene rings is 2. The molecule has 1 saturated heterocycles. The largest absolute Gasteiger partial charge is 0.490 e. The van der Waals surface area contributed by atoms with Gasteiger partial charge in [0.15, 0.2) is 11.5 Å². The highest BCUT2D eigenvalue weighted by molar-refractivity contribution is 6.30. The molecule has 0 radical (unpaired) electrons. The molecule has 1 aliphatic rings. The Labute approximate surface area is 173 Å². The van der Waals surface area contributed by atoms with Crippen molar-refractivity contribution in [3.05, 3.63) is 58.6 Å². The lowest BCUT2D eigenvalue weighted by Gasteiger charge is -2.27. The Kier molecular flexibility index (Phi) is 8.42. The van der Waals surface area contributed by atoms with Crippen molar-refractivity contribution >= 4 is 11.6 Å². The molecule has 0 amide bonds. The summed E-state index contributed by atoms with van der Waals surface area (Å²) in [4.78, 5) is 2.49. The third kappa shape index (κ3) is 6.67. The second-order valence-electron chi connectivity index (χ2n) is 6.90. The number of ether oxygens (including phenoxy) is 2. The molecule has 2 N–H and O–H groups in total. The molecule has 0 bridgehead atoms. The van der Waals surface area contributed by atoms with E-state index in [2.05, 4.69) is 27.7 Å². The summed E-state index contributed by atoms with van der Waals surface area (Å²) in [6, 6.07) is 13.9. The lowest BCUT2D eigenvalue weighted by Crippen LogP contribution is -2.45. The van der Waals surface area contributed by atoms with Gasteiger partial charge in [-0.1, -0.05) is 29.8 Å². The van der Waals surface area contributed by atoms with E-state index < -0.39 is 0 Å². The van der Waals surface area contributed by atoms with E-state index in [9.17, 15) is 0 Å². The number of rotatable bonds is 10. The smallest absolute Gasteiger partial charge is 0.161 e. The highest BCUT2D eigenvalue weighted by atomic mass is 35.5. The second kappa shape index (κ2) is 11.3. The van der Waals surface area contributed by atoms with Gasteiger partial charge in [-0.3, -0.25) is 4.90 Å². The fourth-order valence-electron chi connectivity index (χ4n) is 3.24. The predicted molar refractivity (Wildman–Crippen MR) is 114 cm³/mol. The van der Waals surface area contributed by atoms with Crippen LogP contribution in [-0.2, 0) is 13.2 Å². The quantitative estimate of drug-likeness (QED) is 0.596. The maximum atomic E-state index is 6.05. The van der Waals surface area contributed by atoms with Gasteiger partial charge in [0.25, 0.3) is 0 Å². The predicted octanol–water partition coefficient (Wildman–Crippen LogP) is 3.31. The summed E-state index contributed by atoms with van der Waals surface area (Å²) in [6.07, 6.45) is 0. The van der Waals surface area contributed by atoms with Crippen molar-refractivity contribution in [3.63, 3.8) is 0 Å². The van der Waals surface area contributed by atoms with Crippen LogP contribution in [0.3, 0.4) is 0 Å². The minimum absolute atomic E-state index is 0.461. The van der Waals surface area contributed by atoms with Gasteiger partial charge in [-0.05, 0) is 42.3 Å². The van der Waals surface area contributed by atoms with E-state index in [4.69, 9.17) is 21.1 Å². The average Bonchev–Trinajstić information content (AvgIpc) is 2.72. The van der Waals surface area contributed by atoms with Gasteiger partial charge < -0.3 is 20.1 Å². The number of hydrogen-bond acceptors (Lipinski definition) is 5. The first-order valence-electron chi connectivity index (χ1n) is 10.0. The summed E-state index contributed by atoms with van der Waals surface area (Å²) in [6.45, 7) is 10.4. The van der Waals surface area contributed by atoms with Gasteiger partial charge >= 0.3 is 0 Å². The van der Waals surface area contributed by atoms with Crippen LogP contribution in [-0.4, -0.2) is 50.8 Å². The van der Waals surface area contributed by atoms with Crippen LogP contribution in [0, 0.1) is 0 Å². The van der Waals surface area contributed by atoms with Crippen molar-refractivity contribution in [2.24, 2.45) is 0 Å². The van der Waals surface area contributed by atoms with Crippen molar-refractivity contribution in [1.29, 1.82) is 0 Å². The molecule has 2 aromatic rings. The van der Waals surface area contributed by atoms with Crippen LogP contribution in [0.2, 0.25) is 5.02 Å². The van der Waals surface area contributed by atoms with Gasteiger partial charge in [0.05, 0.1) is 6.61 Å². The summed E-state index contributed by atoms with van der Waals surface area (Å²) in [5.74, 6) is 1.54. The topological polar surface area (TPSA) is 45.8 Å². The Morgan fingerprint density at radius 1 is 1.04 bits per heavy atom. The average molecular weight is 404 g/mol. The lowest BCUT2D eigenvalue weighted by molar-refractivity contribution is 0.241. The molecule has 1 heterocycles. The molecule has 0 unspecified atom stereocenters. The summed E-state index contributed by atoms with van der Waals surface area (Å²) >= 11 is 6.05. The molecule has 0 saturated carbocycles. The van der Waals surface area contributed by atoms with E-state index in [0.29, 0.717) is 18.2 Å². The number of hydrogen-bond donors (Lipinski definition) is 2. The van der Waals surface area contributed by atoms with Gasteiger partial charge in [0.1, 0.15) is 6.61 Å². The molecule has 5 nitrogen and oxygen atoms in total. The van der Waals surface area contributed by atoms with Gasteiger partial charge in [-0.25, -0.2) is 0 Å². The molecule has 2 aromatic carbocycles. The molecule has 28 heavy (non-hydrogen) atoms. The molecule has 1 fully saturated rings. The minimum atomic E-state index is 0.461. The van der Waals surface area contributed by atoms with E-state index in [1.165, 1.54) is 5.56 Å². The number of halogens is 1. The molecule has 1 aliphatic heterocycles. The summed E-state index contributed by atoms with van der Waals surface area (Å²) < 4.78 is 11.8. The van der Waals surface area contributed by atoms with Crippen LogP contribution in [0.1, 0.15) is 18.1 Å². The van der Waals surface area contributed by atoms with Crippen LogP contribution in [0.25, 0.3) is 0 Å². The SMILES string of the molecule is CCOc1cc(CNCCN2CCNCC2)ccc1OCc1cccc(Cl)c1. The van der Waals surface area contributed by atoms with Crippen LogP contribution in [0.5, 0.6) is 11.5 Å². The van der Waals surface area contributed by atoms with Gasteiger partial charge in [0.2, 0.25) is 0 Å². The number of nitrogens with zero attached hydrogens (tertiary/aromatic N) is 1. The maximum Gasteiger partial charge on any atom is 0.161 e. The van der Waals surface area contributed by atoms with Gasteiger partial charge in [0, 0.05) is 50.8 Å². The van der Waals surface area contributed by atoms with Crippen LogP contribution in [0.4, 0.5) is 0 Å². The standard InChI is InChI=1S/C22H30ClN3O2/c1-2-27-22-15-18(16-25-10-13-26-11-8-24-9-12-26)6-7-21(22)28-17-19-4-3-5-20(23)14-19/h3-7,14-15,24-25H,2,8-13,16-17H2,1H3. The van der Waals surface area contributed by atoms with Crippen LogP contribution in [0.15, 0.2) is 42.5 Å². The minimum Gasteiger partial charge on any atom is -0.490 e. The number of piperazine rings is 1. The van der Waals surface area contributed by atoms with Crippen LogP contribution >= 0.6 is 11.6 Å². The van der Waals surface area contributed by atoms with E-state index in [-0.39, 0.29) is 0 Å². The molecule has 0 spiro atoms. The molecular weight excluding hydrogens is 374 g/mol. The summed E-state index contributed by atoms with van der Waals surface area (Å²) in [7, 11) is 0. The molecular formula is C22H30ClN3O2. The molecule has 0 aromatic heterocycles. The van der Waals surface area contributed by atoms with Gasteiger partial charge in [-0.2, -0.15) is 0 Å². The van der Waals surface area contributed by atoms with Gasteiger partial charge in [-0.15, -0.1) is 0 Å². The zero-order valence-corrected chi connectivity index (χ0v) is 17.3. The fraction of sp³-hybridized carbons (Fsp3) is 0.455. The Morgan fingerprint density at radius 2 is 1.89 bits per heavy atom. The van der Waals surface area contributed by atoms with Crippen molar-refractivity contribution in [3.8, 4) is 11.5 Å². The normalized spacial score (nSPS) is 14.8. The fourth-order valence-corrected chi connectivity index (χ4v) is 3.46. The Balaban J connectivity index is 1.51. The summed E-state index contributed by atoms with van der Waals surface area (Å²) in [5, 5.41) is 7.63. The summed E-state index contributed by atoms with van der Waals surface area (Å²) in [5.41, 5.74) is 2.23. The molecule has 6 heteroatoms. The van der Waals surface area contributed by atoms with E-state index in [0.717, 1.165) is 62.9 Å². The Bertz CT molecular complexity index is 735. The highest BCUT2D eigenvalue weighted by Gasteiger charge is 2.09. The third-order valence-electron chi connectivity index (χ3n) is 4.73. The van der Waals surface area contributed by atoms with Crippen LogP contribution < -0.4 is 20.1 Å². The molecule has 152 valence electrons. The molecule has 3 rings (SSSR count). The monoisotopic (exact) mass is 403 g/mol. The maximum absolute atomic E-state index is 6.05. The lowest BCUT2D eigenvalue weighted by atomic mass is 10.2. The first-order chi connectivity index (χ1) is 13.7. The number of nitrogens with one attached hydrogen (secondary N) is 2. The zero-order chi connectivity index (χ0) is 19.6. The van der Waals surface area contributed by atoms with Crippen molar-refractivity contribution in [1.82, 2.24) is 15.5 Å². The Hall–Kier alpha value is -1.79. The van der Waals surface area contributed by atoms with Crippen molar-refractivity contribution in [2.75, 3.05) is 45.9 Å². The van der Waals surface area contributed by atoms with E-state index in [1.54, 1.807) is 0 Å². The third-order valence-corrected chi connectivity index (χ3v) is 4.97. The first kappa shape index (κ1) is 20.9. The molecule has 0 atom stereocenters. The Morgan fingerprint density at radius 3 is 2.68 bits per heavy atom. The second-order valence-corrected chi connectivity index (χ2v) is 7.34. The van der Waals surface area contributed by atoms with Crippen molar-refractivity contribution in [2.45, 2.75) is 20.1 Å². The van der Waals surface area contributed by atoms with E-state index in [1.807, 2.05) is 37.3 Å².